The number of amides is 1. The zero-order chi connectivity index (χ0) is 17.4. The average Bonchev–Trinajstić information content (AvgIpc) is 2.83. The maximum Gasteiger partial charge on any atom is 0.333 e. The molecule has 0 saturated heterocycles. The first kappa shape index (κ1) is 16.4. The van der Waals surface area contributed by atoms with Crippen molar-refractivity contribution in [3.8, 4) is 0 Å². The van der Waals surface area contributed by atoms with Gasteiger partial charge in [-0.1, -0.05) is 12.1 Å². The molecule has 0 radical (unpaired) electrons. The summed E-state index contributed by atoms with van der Waals surface area (Å²) in [5.74, 6) is -0.101. The second-order valence-corrected chi connectivity index (χ2v) is 6.00. The van der Waals surface area contributed by atoms with Gasteiger partial charge >= 0.3 is 6.55 Å². The van der Waals surface area contributed by atoms with Crippen molar-refractivity contribution in [2.45, 2.75) is 26.8 Å². The Bertz CT molecular complexity index is 772. The number of likely N-dealkylation sites (N-methyl/N-ethyl adjacent to an activating group) is 1. The molecule has 24 heavy (non-hydrogen) atoms. The van der Waals surface area contributed by atoms with E-state index in [2.05, 4.69) is 10.00 Å². The lowest BCUT2D eigenvalue weighted by atomic mass is 10.1. The molecular formula is C17H20F2N4O. The Labute approximate surface area is 139 Å². The lowest BCUT2D eigenvalue weighted by Gasteiger charge is -2.35. The van der Waals surface area contributed by atoms with Gasteiger partial charge in [0.2, 0.25) is 5.91 Å². The van der Waals surface area contributed by atoms with E-state index in [-0.39, 0.29) is 12.3 Å². The molecule has 1 aromatic heterocycles. The average molecular weight is 334 g/mol. The number of aromatic nitrogens is 2. The Balaban J connectivity index is 1.88. The quantitative estimate of drug-likeness (QED) is 0.867. The highest BCUT2D eigenvalue weighted by Crippen LogP contribution is 2.32. The maximum absolute atomic E-state index is 13.0. The lowest BCUT2D eigenvalue weighted by molar-refractivity contribution is -0.118. The van der Waals surface area contributed by atoms with Crippen molar-refractivity contribution in [3.63, 3.8) is 0 Å². The predicted molar refractivity (Wildman–Crippen MR) is 88.7 cm³/mol. The van der Waals surface area contributed by atoms with E-state index >= 15 is 0 Å². The van der Waals surface area contributed by atoms with Gasteiger partial charge in [0.15, 0.2) is 0 Å². The van der Waals surface area contributed by atoms with Crippen molar-refractivity contribution in [3.05, 3.63) is 41.2 Å². The fourth-order valence-corrected chi connectivity index (χ4v) is 3.15. The number of alkyl halides is 2. The summed E-state index contributed by atoms with van der Waals surface area (Å²) in [6, 6.07) is 7.71. The molecule has 0 spiro atoms. The molecule has 0 fully saturated rings. The minimum atomic E-state index is -2.70. The molecule has 3 rings (SSSR count). The Hall–Kier alpha value is -2.44. The highest BCUT2D eigenvalue weighted by Gasteiger charge is 2.27. The van der Waals surface area contributed by atoms with Crippen LogP contribution in [0.5, 0.6) is 0 Å². The first-order valence-electron chi connectivity index (χ1n) is 7.83. The van der Waals surface area contributed by atoms with E-state index in [1.807, 2.05) is 31.3 Å². The van der Waals surface area contributed by atoms with Crippen LogP contribution in [0.15, 0.2) is 24.3 Å². The molecule has 0 saturated carbocycles. The molecule has 0 bridgehead atoms. The van der Waals surface area contributed by atoms with Gasteiger partial charge in [-0.05, 0) is 26.0 Å². The van der Waals surface area contributed by atoms with Crippen molar-refractivity contribution in [2.75, 3.05) is 29.9 Å². The number of halogens is 2. The van der Waals surface area contributed by atoms with E-state index in [1.54, 1.807) is 18.7 Å². The summed E-state index contributed by atoms with van der Waals surface area (Å²) in [5.41, 5.74) is 3.25. The molecule has 1 aliphatic rings. The van der Waals surface area contributed by atoms with E-state index in [9.17, 15) is 13.6 Å². The third-order valence-electron chi connectivity index (χ3n) is 4.53. The van der Waals surface area contributed by atoms with Crippen LogP contribution in [0.2, 0.25) is 0 Å². The lowest BCUT2D eigenvalue weighted by Crippen LogP contribution is -2.43. The standard InChI is InChI=1S/C17H20F2N4O/c1-11-13(12(2)23(20-11)17(18)19)10-16(24)22-9-8-21(3)14-6-4-5-7-15(14)22/h4-7,17H,8-10H2,1-3H3. The molecule has 2 aromatic rings. The van der Waals surface area contributed by atoms with E-state index in [1.165, 1.54) is 0 Å². The minimum Gasteiger partial charge on any atom is -0.371 e. The topological polar surface area (TPSA) is 41.4 Å². The SMILES string of the molecule is Cc1nn(C(F)F)c(C)c1CC(=O)N1CCN(C)c2ccccc21. The summed E-state index contributed by atoms with van der Waals surface area (Å²) in [5, 5.41) is 3.85. The first-order chi connectivity index (χ1) is 11.4. The molecule has 0 aliphatic carbocycles. The molecule has 1 amide bonds. The van der Waals surface area contributed by atoms with Gasteiger partial charge in [0.25, 0.3) is 0 Å². The smallest absolute Gasteiger partial charge is 0.333 e. The fraction of sp³-hybridized carbons (Fsp3) is 0.412. The monoisotopic (exact) mass is 334 g/mol. The van der Waals surface area contributed by atoms with E-state index in [4.69, 9.17) is 0 Å². The molecule has 0 unspecified atom stereocenters. The van der Waals surface area contributed by atoms with Crippen molar-refractivity contribution in [2.24, 2.45) is 0 Å². The normalized spacial score (nSPS) is 14.2. The van der Waals surface area contributed by atoms with E-state index < -0.39 is 6.55 Å². The van der Waals surface area contributed by atoms with Gasteiger partial charge in [0.1, 0.15) is 0 Å². The van der Waals surface area contributed by atoms with Gasteiger partial charge in [0, 0.05) is 31.4 Å². The number of benzene rings is 1. The Morgan fingerprint density at radius 3 is 2.50 bits per heavy atom. The van der Waals surface area contributed by atoms with Gasteiger partial charge in [-0.2, -0.15) is 13.9 Å². The highest BCUT2D eigenvalue weighted by molar-refractivity contribution is 5.99. The number of fused-ring (bicyclic) bond motifs is 1. The van der Waals surface area contributed by atoms with Crippen molar-refractivity contribution >= 4 is 17.3 Å². The van der Waals surface area contributed by atoms with Crippen LogP contribution in [0, 0.1) is 13.8 Å². The van der Waals surface area contributed by atoms with Crippen molar-refractivity contribution in [1.29, 1.82) is 0 Å². The molecule has 1 aliphatic heterocycles. The van der Waals surface area contributed by atoms with Crippen LogP contribution in [-0.4, -0.2) is 35.8 Å². The van der Waals surface area contributed by atoms with Crippen LogP contribution in [-0.2, 0) is 11.2 Å². The molecule has 128 valence electrons. The summed E-state index contributed by atoms with van der Waals surface area (Å²) in [6.07, 6.45) is 0.0719. The number of hydrogen-bond donors (Lipinski definition) is 0. The van der Waals surface area contributed by atoms with Crippen LogP contribution >= 0.6 is 0 Å². The summed E-state index contributed by atoms with van der Waals surface area (Å²) in [6.45, 7) is 1.85. The summed E-state index contributed by atoms with van der Waals surface area (Å²) >= 11 is 0. The Morgan fingerprint density at radius 2 is 1.88 bits per heavy atom. The molecule has 0 atom stereocenters. The van der Waals surface area contributed by atoms with Gasteiger partial charge in [-0.25, -0.2) is 4.68 Å². The number of rotatable bonds is 3. The molecule has 7 heteroatoms. The van der Waals surface area contributed by atoms with Crippen LogP contribution in [0.1, 0.15) is 23.5 Å². The van der Waals surface area contributed by atoms with Gasteiger partial charge in [-0.15, -0.1) is 0 Å². The number of para-hydroxylation sites is 2. The summed E-state index contributed by atoms with van der Waals surface area (Å²) < 4.78 is 26.6. The first-order valence-corrected chi connectivity index (χ1v) is 7.83. The van der Waals surface area contributed by atoms with Crippen LogP contribution in [0.4, 0.5) is 20.2 Å². The van der Waals surface area contributed by atoms with Gasteiger partial charge in [0.05, 0.1) is 23.5 Å². The molecule has 1 aromatic carbocycles. The number of anilines is 2. The highest BCUT2D eigenvalue weighted by atomic mass is 19.3. The molecule has 0 N–H and O–H groups in total. The van der Waals surface area contributed by atoms with Crippen molar-refractivity contribution < 1.29 is 13.6 Å². The number of carbonyl (C=O) groups is 1. The number of aryl methyl sites for hydroxylation is 1. The molecule has 5 nitrogen and oxygen atoms in total. The fourth-order valence-electron chi connectivity index (χ4n) is 3.15. The van der Waals surface area contributed by atoms with E-state index in [0.29, 0.717) is 28.2 Å². The number of nitrogens with zero attached hydrogens (tertiary/aromatic N) is 4. The second kappa shape index (κ2) is 6.22. The van der Waals surface area contributed by atoms with Gasteiger partial charge < -0.3 is 9.80 Å². The summed E-state index contributed by atoms with van der Waals surface area (Å²) in [7, 11) is 1.99. The van der Waals surface area contributed by atoms with Crippen LogP contribution < -0.4 is 9.80 Å². The zero-order valence-electron chi connectivity index (χ0n) is 14.0. The molecular weight excluding hydrogens is 314 g/mol. The van der Waals surface area contributed by atoms with Gasteiger partial charge in [-0.3, -0.25) is 4.79 Å². The third kappa shape index (κ3) is 2.74. The third-order valence-corrected chi connectivity index (χ3v) is 4.53. The largest absolute Gasteiger partial charge is 0.371 e. The van der Waals surface area contributed by atoms with Crippen molar-refractivity contribution in [1.82, 2.24) is 9.78 Å². The molecule has 2 heterocycles. The zero-order valence-corrected chi connectivity index (χ0v) is 14.0. The van der Waals surface area contributed by atoms with Crippen LogP contribution in [0.3, 0.4) is 0 Å². The maximum atomic E-state index is 13.0. The number of hydrogen-bond acceptors (Lipinski definition) is 3. The Kier molecular flexibility index (Phi) is 4.26. The van der Waals surface area contributed by atoms with Crippen LogP contribution in [0.25, 0.3) is 0 Å². The minimum absolute atomic E-state index is 0.0719. The summed E-state index contributed by atoms with van der Waals surface area (Å²) in [4.78, 5) is 16.6. The second-order valence-electron chi connectivity index (χ2n) is 6.00. The Morgan fingerprint density at radius 1 is 1.21 bits per heavy atom. The number of carbonyl (C=O) groups excluding carboxylic acids is 1. The van der Waals surface area contributed by atoms with E-state index in [0.717, 1.165) is 17.9 Å². The predicted octanol–water partition coefficient (Wildman–Crippen LogP) is 2.92.